The molecule has 1 heterocycles. The van der Waals surface area contributed by atoms with E-state index < -0.39 is 61.6 Å². The molecule has 1 aromatic heterocycles. The number of benzene rings is 2. The molecule has 2 aromatic carbocycles. The van der Waals surface area contributed by atoms with Crippen molar-refractivity contribution in [1.29, 1.82) is 0 Å². The fourth-order valence-electron chi connectivity index (χ4n) is 3.66. The van der Waals surface area contributed by atoms with Crippen molar-refractivity contribution in [2.24, 2.45) is 0 Å². The van der Waals surface area contributed by atoms with Crippen LogP contribution in [0.2, 0.25) is 0 Å². The number of aliphatic hydroxyl groups is 2. The van der Waals surface area contributed by atoms with E-state index in [1.807, 2.05) is 30.3 Å². The lowest BCUT2D eigenvalue weighted by molar-refractivity contribution is -0.149. The molecule has 0 aliphatic rings. The predicted molar refractivity (Wildman–Crippen MR) is 156 cm³/mol. The maximum atomic E-state index is 12.6. The zero-order valence-corrected chi connectivity index (χ0v) is 24.3. The number of aromatic amines is 1. The van der Waals surface area contributed by atoms with Gasteiger partial charge in [-0.15, -0.1) is 6.42 Å². The SMILES string of the molecule is C#C[C@H](O)[C@@H](COP(=S)(N[C@@H](C)C(=O)OC(C)C)Oc1cccc2ccccc12)O[C@H](CO)n1ccc(=O)[nH]c1=O. The summed E-state index contributed by atoms with van der Waals surface area (Å²) in [5, 5.41) is 24.9. The second kappa shape index (κ2) is 14.5. The maximum absolute atomic E-state index is 12.6. The number of H-pyrrole nitrogens is 1. The van der Waals surface area contributed by atoms with Crippen molar-refractivity contribution >= 4 is 35.2 Å². The van der Waals surface area contributed by atoms with Crippen molar-refractivity contribution in [3.63, 3.8) is 0 Å². The molecular formula is C27H32N3O9PS. The minimum absolute atomic E-state index is 0.375. The van der Waals surface area contributed by atoms with E-state index in [1.54, 1.807) is 26.0 Å². The number of nitrogens with one attached hydrogen (secondary N) is 2. The molecule has 0 spiro atoms. The Bertz CT molecular complexity index is 1550. The summed E-state index contributed by atoms with van der Waals surface area (Å²) in [4.78, 5) is 38.3. The summed E-state index contributed by atoms with van der Waals surface area (Å²) in [6.07, 6.45) is 1.95. The number of aliphatic hydroxyl groups excluding tert-OH is 2. The van der Waals surface area contributed by atoms with Crippen LogP contribution in [0.4, 0.5) is 0 Å². The Hall–Kier alpha value is -3.34. The van der Waals surface area contributed by atoms with Crippen LogP contribution in [0.5, 0.6) is 5.75 Å². The zero-order valence-electron chi connectivity index (χ0n) is 22.6. The summed E-state index contributed by atoms with van der Waals surface area (Å²) in [6.45, 7) is 0.170. The number of hydrogen-bond acceptors (Lipinski definition) is 10. The Morgan fingerprint density at radius 3 is 2.54 bits per heavy atom. The molecule has 0 fully saturated rings. The fourth-order valence-corrected chi connectivity index (χ4v) is 6.07. The van der Waals surface area contributed by atoms with E-state index in [-0.39, 0.29) is 6.10 Å². The highest BCUT2D eigenvalue weighted by atomic mass is 32.5. The van der Waals surface area contributed by atoms with Gasteiger partial charge in [0.2, 0.25) is 0 Å². The molecule has 0 radical (unpaired) electrons. The number of esters is 1. The van der Waals surface area contributed by atoms with Gasteiger partial charge >= 0.3 is 18.3 Å². The van der Waals surface area contributed by atoms with Gasteiger partial charge in [0.05, 0.1) is 19.3 Å². The number of rotatable bonds is 14. The third-order valence-corrected chi connectivity index (χ3v) is 8.09. The molecule has 3 aromatic rings. The fraction of sp³-hybridized carbons (Fsp3) is 0.370. The lowest BCUT2D eigenvalue weighted by atomic mass is 10.1. The van der Waals surface area contributed by atoms with Gasteiger partial charge in [-0.1, -0.05) is 42.3 Å². The summed E-state index contributed by atoms with van der Waals surface area (Å²) in [7, 11) is 0. The average molecular weight is 606 g/mol. The van der Waals surface area contributed by atoms with Crippen LogP contribution >= 0.6 is 6.64 Å². The Kier molecular flexibility index (Phi) is 11.4. The van der Waals surface area contributed by atoms with Crippen LogP contribution in [0.25, 0.3) is 10.8 Å². The van der Waals surface area contributed by atoms with Gasteiger partial charge in [-0.25, -0.2) is 9.88 Å². The third kappa shape index (κ3) is 8.82. The summed E-state index contributed by atoms with van der Waals surface area (Å²) in [5.74, 6) is 1.92. The van der Waals surface area contributed by atoms with E-state index in [1.165, 1.54) is 6.92 Å². The molecule has 5 atom stereocenters. The van der Waals surface area contributed by atoms with Crippen molar-refractivity contribution < 1.29 is 33.5 Å². The van der Waals surface area contributed by atoms with Crippen molar-refractivity contribution in [2.45, 2.75) is 51.4 Å². The molecule has 0 amide bonds. The number of nitrogens with zero attached hydrogens (tertiary/aromatic N) is 1. The van der Waals surface area contributed by atoms with E-state index in [0.717, 1.165) is 27.6 Å². The van der Waals surface area contributed by atoms with E-state index >= 15 is 0 Å². The van der Waals surface area contributed by atoms with Gasteiger partial charge in [-0.05, 0) is 44.0 Å². The number of aromatic nitrogens is 2. The molecule has 12 nitrogen and oxygen atoms in total. The first-order chi connectivity index (χ1) is 19.5. The van der Waals surface area contributed by atoms with Crippen LogP contribution in [0.3, 0.4) is 0 Å². The van der Waals surface area contributed by atoms with Gasteiger partial charge in [-0.2, -0.15) is 0 Å². The number of fused-ring (bicyclic) bond motifs is 1. The van der Waals surface area contributed by atoms with Gasteiger partial charge < -0.3 is 28.7 Å². The predicted octanol–water partition coefficient (Wildman–Crippen LogP) is 1.81. The monoisotopic (exact) mass is 605 g/mol. The Morgan fingerprint density at radius 1 is 1.17 bits per heavy atom. The molecular weight excluding hydrogens is 573 g/mol. The van der Waals surface area contributed by atoms with E-state index in [2.05, 4.69) is 16.0 Å². The van der Waals surface area contributed by atoms with Crippen LogP contribution in [0.1, 0.15) is 27.0 Å². The topological polar surface area (TPSA) is 161 Å². The molecule has 0 aliphatic carbocycles. The molecule has 0 aliphatic heterocycles. The molecule has 1 unspecified atom stereocenters. The van der Waals surface area contributed by atoms with Gasteiger partial charge in [0.15, 0.2) is 6.23 Å². The van der Waals surface area contributed by atoms with Gasteiger partial charge in [0.25, 0.3) is 5.56 Å². The second-order valence-corrected chi connectivity index (χ2v) is 12.3. The highest BCUT2D eigenvalue weighted by Crippen LogP contribution is 2.47. The van der Waals surface area contributed by atoms with Gasteiger partial charge in [0, 0.05) is 17.6 Å². The van der Waals surface area contributed by atoms with Crippen LogP contribution in [-0.2, 0) is 30.6 Å². The number of carbonyl (C=O) groups is 1. The minimum Gasteiger partial charge on any atom is -0.462 e. The number of carbonyl (C=O) groups excluding carboxylic acids is 1. The van der Waals surface area contributed by atoms with Crippen molar-refractivity contribution in [3.05, 3.63) is 75.6 Å². The van der Waals surface area contributed by atoms with Crippen molar-refractivity contribution in [3.8, 4) is 18.1 Å². The van der Waals surface area contributed by atoms with Gasteiger partial charge in [0.1, 0.15) is 24.0 Å². The number of hydrogen-bond donors (Lipinski definition) is 4. The quantitative estimate of drug-likeness (QED) is 0.121. The summed E-state index contributed by atoms with van der Waals surface area (Å²) < 4.78 is 24.2. The Morgan fingerprint density at radius 2 is 1.88 bits per heavy atom. The smallest absolute Gasteiger partial charge is 0.330 e. The zero-order chi connectivity index (χ0) is 30.2. The standard InChI is InChI=1S/C27H32N3O9PS/c1-5-21(32)23(38-25(15-31)30-14-13-24(33)28-27(30)35)16-36-40(41,29-18(4)26(34)37-17(2)3)39-22-12-8-10-19-9-6-7-11-20(19)22/h1,6-14,17-18,21,23,25,31-32H,15-16H2,2-4H3,(H,29,41)(H,28,33,35)/t18-,21-,23+,25+,40?/m0/s1. The maximum Gasteiger partial charge on any atom is 0.330 e. The second-order valence-electron chi connectivity index (χ2n) is 9.14. The Labute approximate surface area is 241 Å². The normalized spacial score (nSPS) is 15.8. The Balaban J connectivity index is 1.91. The van der Waals surface area contributed by atoms with Crippen LogP contribution in [0, 0.1) is 12.3 Å². The molecule has 220 valence electrons. The molecule has 0 bridgehead atoms. The number of ether oxygens (including phenoxy) is 2. The van der Waals surface area contributed by atoms with Crippen LogP contribution < -0.4 is 20.9 Å². The first kappa shape index (κ1) is 32.2. The average Bonchev–Trinajstić information content (AvgIpc) is 2.93. The van der Waals surface area contributed by atoms with Crippen molar-refractivity contribution in [2.75, 3.05) is 13.2 Å². The summed E-state index contributed by atoms with van der Waals surface area (Å²) >= 11 is 5.78. The highest BCUT2D eigenvalue weighted by Gasteiger charge is 2.32. The first-order valence-corrected chi connectivity index (χ1v) is 15.2. The van der Waals surface area contributed by atoms with E-state index in [4.69, 9.17) is 36.8 Å². The van der Waals surface area contributed by atoms with E-state index in [9.17, 15) is 24.6 Å². The van der Waals surface area contributed by atoms with Crippen molar-refractivity contribution in [1.82, 2.24) is 14.6 Å². The molecule has 0 saturated heterocycles. The van der Waals surface area contributed by atoms with E-state index in [0.29, 0.717) is 5.75 Å². The molecule has 0 saturated carbocycles. The van der Waals surface area contributed by atoms with Gasteiger partial charge in [-0.3, -0.25) is 19.1 Å². The lowest BCUT2D eigenvalue weighted by Crippen LogP contribution is -2.41. The van der Waals surface area contributed by atoms with Crippen LogP contribution in [-0.4, -0.2) is 63.3 Å². The molecule has 3 rings (SSSR count). The highest BCUT2D eigenvalue weighted by molar-refractivity contribution is 8.09. The molecule has 14 heteroatoms. The van der Waals surface area contributed by atoms with Crippen LogP contribution in [0.15, 0.2) is 64.3 Å². The number of terminal acetylenes is 1. The lowest BCUT2D eigenvalue weighted by Gasteiger charge is -2.30. The molecule has 4 N–H and O–H groups in total. The summed E-state index contributed by atoms with van der Waals surface area (Å²) in [6, 6.07) is 12.9. The molecule has 41 heavy (non-hydrogen) atoms. The summed E-state index contributed by atoms with van der Waals surface area (Å²) in [5.41, 5.74) is -1.50. The first-order valence-electron chi connectivity index (χ1n) is 12.6. The largest absolute Gasteiger partial charge is 0.462 e. The third-order valence-electron chi connectivity index (χ3n) is 5.61. The minimum atomic E-state index is -3.60.